The molecule has 0 radical (unpaired) electrons. The van der Waals surface area contributed by atoms with E-state index < -0.39 is 0 Å². The summed E-state index contributed by atoms with van der Waals surface area (Å²) in [5.74, 6) is 2.07. The molecule has 2 atom stereocenters. The van der Waals surface area contributed by atoms with Gasteiger partial charge in [0.1, 0.15) is 0 Å². The van der Waals surface area contributed by atoms with Gasteiger partial charge in [-0.1, -0.05) is 0 Å². The molecule has 1 aliphatic rings. The third-order valence-corrected chi connectivity index (χ3v) is 4.09. The van der Waals surface area contributed by atoms with Gasteiger partial charge in [0.15, 0.2) is 11.5 Å². The highest BCUT2D eigenvalue weighted by Gasteiger charge is 2.26. The van der Waals surface area contributed by atoms with Crippen LogP contribution in [0.4, 0.5) is 0 Å². The topological polar surface area (TPSA) is 39.7 Å². The summed E-state index contributed by atoms with van der Waals surface area (Å²) in [5, 5.41) is 3.44. The van der Waals surface area contributed by atoms with Crippen molar-refractivity contribution in [1.82, 2.24) is 5.32 Å². The van der Waals surface area contributed by atoms with Crippen LogP contribution < -0.4 is 14.8 Å². The number of hydrogen-bond donors (Lipinski definition) is 1. The quantitative estimate of drug-likeness (QED) is 0.899. The molecule has 20 heavy (non-hydrogen) atoms. The van der Waals surface area contributed by atoms with E-state index >= 15 is 0 Å². The Hall–Kier alpha value is -1.26. The largest absolute Gasteiger partial charge is 0.493 e. The Morgan fingerprint density at radius 1 is 1.25 bits per heavy atom. The van der Waals surface area contributed by atoms with Gasteiger partial charge in [-0.2, -0.15) is 0 Å². The average molecular weight is 279 g/mol. The molecular weight excluding hydrogens is 254 g/mol. The lowest BCUT2D eigenvalue weighted by molar-refractivity contribution is 0.0401. The van der Waals surface area contributed by atoms with Crippen molar-refractivity contribution in [1.29, 1.82) is 0 Å². The minimum Gasteiger partial charge on any atom is -0.493 e. The summed E-state index contributed by atoms with van der Waals surface area (Å²) in [6.07, 6.45) is 2.33. The smallest absolute Gasteiger partial charge is 0.161 e. The summed E-state index contributed by atoms with van der Waals surface area (Å²) in [6, 6.07) is 4.42. The van der Waals surface area contributed by atoms with Gasteiger partial charge in [0.25, 0.3) is 0 Å². The first kappa shape index (κ1) is 15.1. The zero-order valence-corrected chi connectivity index (χ0v) is 12.9. The van der Waals surface area contributed by atoms with E-state index in [0.717, 1.165) is 31.1 Å². The van der Waals surface area contributed by atoms with Crippen LogP contribution in [0.25, 0.3) is 0 Å². The van der Waals surface area contributed by atoms with Crippen molar-refractivity contribution < 1.29 is 14.2 Å². The fourth-order valence-electron chi connectivity index (χ4n) is 3.01. The van der Waals surface area contributed by atoms with Crippen LogP contribution in [0, 0.1) is 12.8 Å². The normalized spacial score (nSPS) is 20.5. The molecule has 1 aliphatic heterocycles. The van der Waals surface area contributed by atoms with E-state index in [9.17, 15) is 0 Å². The molecule has 1 N–H and O–H groups in total. The summed E-state index contributed by atoms with van der Waals surface area (Å²) >= 11 is 0. The zero-order chi connectivity index (χ0) is 14.5. The third kappa shape index (κ3) is 3.07. The van der Waals surface area contributed by atoms with Gasteiger partial charge in [0.2, 0.25) is 0 Å². The predicted molar refractivity (Wildman–Crippen MR) is 79.6 cm³/mol. The Morgan fingerprint density at radius 3 is 2.50 bits per heavy atom. The lowest BCUT2D eigenvalue weighted by Gasteiger charge is -2.31. The summed E-state index contributed by atoms with van der Waals surface area (Å²) in [5.41, 5.74) is 2.48. The number of aryl methyl sites for hydroxylation is 1. The summed E-state index contributed by atoms with van der Waals surface area (Å²) in [7, 11) is 5.35. The first-order valence-corrected chi connectivity index (χ1v) is 7.18. The van der Waals surface area contributed by atoms with Crippen LogP contribution in [0.5, 0.6) is 11.5 Å². The maximum absolute atomic E-state index is 5.63. The first-order chi connectivity index (χ1) is 9.71. The molecule has 0 spiro atoms. The van der Waals surface area contributed by atoms with Crippen molar-refractivity contribution in [2.24, 2.45) is 5.92 Å². The number of rotatable bonds is 5. The second-order valence-electron chi connectivity index (χ2n) is 5.31. The minimum atomic E-state index is 0.287. The van der Waals surface area contributed by atoms with Gasteiger partial charge in [-0.15, -0.1) is 0 Å². The van der Waals surface area contributed by atoms with Crippen molar-refractivity contribution in [2.75, 3.05) is 34.5 Å². The molecule has 0 saturated carbocycles. The molecule has 2 unspecified atom stereocenters. The van der Waals surface area contributed by atoms with Crippen LogP contribution in [0.2, 0.25) is 0 Å². The van der Waals surface area contributed by atoms with Crippen molar-refractivity contribution in [3.05, 3.63) is 23.3 Å². The van der Waals surface area contributed by atoms with Gasteiger partial charge in [-0.3, -0.25) is 0 Å². The first-order valence-electron chi connectivity index (χ1n) is 7.18. The van der Waals surface area contributed by atoms with E-state index in [1.54, 1.807) is 14.2 Å². The van der Waals surface area contributed by atoms with E-state index in [4.69, 9.17) is 14.2 Å². The Balaban J connectivity index is 2.33. The van der Waals surface area contributed by atoms with Crippen LogP contribution in [0.1, 0.15) is 30.0 Å². The third-order valence-electron chi connectivity index (χ3n) is 4.09. The molecule has 1 heterocycles. The van der Waals surface area contributed by atoms with Crippen LogP contribution in [-0.4, -0.2) is 34.5 Å². The Kier molecular flexibility index (Phi) is 5.26. The molecule has 0 amide bonds. The monoisotopic (exact) mass is 279 g/mol. The molecule has 112 valence electrons. The van der Waals surface area contributed by atoms with Crippen LogP contribution in [0.3, 0.4) is 0 Å². The van der Waals surface area contributed by atoms with Crippen molar-refractivity contribution in [3.63, 3.8) is 0 Å². The number of hydrogen-bond acceptors (Lipinski definition) is 4. The van der Waals surface area contributed by atoms with E-state index in [-0.39, 0.29) is 6.04 Å². The lowest BCUT2D eigenvalue weighted by atomic mass is 9.86. The highest BCUT2D eigenvalue weighted by Crippen LogP contribution is 2.36. The standard InChI is InChI=1S/C16H25NO3/c1-11-8-14(18-3)15(19-4)9-13(11)16(17-2)12-6-5-7-20-10-12/h8-9,12,16-17H,5-7,10H2,1-4H3. The van der Waals surface area contributed by atoms with Crippen molar-refractivity contribution in [3.8, 4) is 11.5 Å². The second kappa shape index (κ2) is 6.95. The fraction of sp³-hybridized carbons (Fsp3) is 0.625. The van der Waals surface area contributed by atoms with Gasteiger partial charge >= 0.3 is 0 Å². The van der Waals surface area contributed by atoms with Gasteiger partial charge in [0, 0.05) is 18.6 Å². The van der Waals surface area contributed by atoms with Crippen LogP contribution in [0.15, 0.2) is 12.1 Å². The SMILES string of the molecule is CNC(c1cc(OC)c(OC)cc1C)C1CCCOC1. The molecule has 1 aromatic rings. The maximum atomic E-state index is 5.63. The molecule has 2 rings (SSSR count). The van der Waals surface area contributed by atoms with E-state index in [2.05, 4.69) is 18.3 Å². The molecule has 4 nitrogen and oxygen atoms in total. The van der Waals surface area contributed by atoms with Crippen LogP contribution in [-0.2, 0) is 4.74 Å². The van der Waals surface area contributed by atoms with Gasteiger partial charge in [0.05, 0.1) is 20.8 Å². The molecule has 1 aromatic carbocycles. The highest BCUT2D eigenvalue weighted by atomic mass is 16.5. The van der Waals surface area contributed by atoms with Crippen molar-refractivity contribution >= 4 is 0 Å². The Bertz CT molecular complexity index is 442. The minimum absolute atomic E-state index is 0.287. The second-order valence-corrected chi connectivity index (χ2v) is 5.31. The summed E-state index contributed by atoms with van der Waals surface area (Å²) < 4.78 is 16.4. The van der Waals surface area contributed by atoms with Gasteiger partial charge in [-0.25, -0.2) is 0 Å². The highest BCUT2D eigenvalue weighted by molar-refractivity contribution is 5.48. The molecule has 0 bridgehead atoms. The lowest BCUT2D eigenvalue weighted by Crippen LogP contribution is -2.31. The number of nitrogens with one attached hydrogen (secondary N) is 1. The van der Waals surface area contributed by atoms with Crippen molar-refractivity contribution in [2.45, 2.75) is 25.8 Å². The molecule has 0 aliphatic carbocycles. The Labute approximate surface area is 121 Å². The molecule has 0 aromatic heterocycles. The molecule has 1 fully saturated rings. The molecule has 1 saturated heterocycles. The van der Waals surface area contributed by atoms with E-state index in [1.165, 1.54) is 17.5 Å². The zero-order valence-electron chi connectivity index (χ0n) is 12.9. The fourth-order valence-corrected chi connectivity index (χ4v) is 3.01. The molecular formula is C16H25NO3. The van der Waals surface area contributed by atoms with Gasteiger partial charge < -0.3 is 19.5 Å². The number of ether oxygens (including phenoxy) is 3. The Morgan fingerprint density at radius 2 is 1.95 bits per heavy atom. The summed E-state index contributed by atoms with van der Waals surface area (Å²) in [6.45, 7) is 3.82. The number of benzene rings is 1. The van der Waals surface area contributed by atoms with Gasteiger partial charge in [-0.05, 0) is 50.1 Å². The van der Waals surface area contributed by atoms with E-state index in [1.807, 2.05) is 13.1 Å². The number of methoxy groups -OCH3 is 2. The summed E-state index contributed by atoms with van der Waals surface area (Å²) in [4.78, 5) is 0. The van der Waals surface area contributed by atoms with E-state index in [0.29, 0.717) is 5.92 Å². The van der Waals surface area contributed by atoms with Crippen LogP contribution >= 0.6 is 0 Å². The molecule has 4 heteroatoms. The average Bonchev–Trinajstić information content (AvgIpc) is 2.50. The maximum Gasteiger partial charge on any atom is 0.161 e. The predicted octanol–water partition coefficient (Wildman–Crippen LogP) is 2.70.